The SMILES string of the molecule is Fc1cc(-c2cc(Cl)c(Cl)cc2Cl)ccc1CBr. The molecule has 0 aliphatic heterocycles. The third-order valence-corrected chi connectivity index (χ3v) is 4.16. The number of alkyl halides is 1. The van der Waals surface area contributed by atoms with Crippen molar-refractivity contribution in [3.8, 4) is 11.1 Å². The van der Waals surface area contributed by atoms with Gasteiger partial charge in [-0.25, -0.2) is 4.39 Å². The largest absolute Gasteiger partial charge is 0.207 e. The highest BCUT2D eigenvalue weighted by Crippen LogP contribution is 2.35. The van der Waals surface area contributed by atoms with Crippen LogP contribution in [0.15, 0.2) is 30.3 Å². The smallest absolute Gasteiger partial charge is 0.127 e. The summed E-state index contributed by atoms with van der Waals surface area (Å²) in [4.78, 5) is 0. The lowest BCUT2D eigenvalue weighted by molar-refractivity contribution is 0.618. The summed E-state index contributed by atoms with van der Waals surface area (Å²) in [7, 11) is 0. The fourth-order valence-electron chi connectivity index (χ4n) is 1.57. The lowest BCUT2D eigenvalue weighted by Gasteiger charge is -2.08. The van der Waals surface area contributed by atoms with Gasteiger partial charge in [0.25, 0.3) is 0 Å². The Hall–Kier alpha value is -0.280. The molecule has 0 N–H and O–H groups in total. The molecule has 0 aromatic heterocycles. The second-order valence-electron chi connectivity index (χ2n) is 3.69. The predicted molar refractivity (Wildman–Crippen MR) is 79.5 cm³/mol. The second-order valence-corrected chi connectivity index (χ2v) is 5.47. The fourth-order valence-corrected chi connectivity index (χ4v) is 2.68. The van der Waals surface area contributed by atoms with E-state index in [-0.39, 0.29) is 5.82 Å². The van der Waals surface area contributed by atoms with E-state index in [0.717, 1.165) is 0 Å². The molecule has 0 radical (unpaired) electrons. The minimum Gasteiger partial charge on any atom is -0.207 e. The van der Waals surface area contributed by atoms with Crippen LogP contribution in [-0.4, -0.2) is 0 Å². The van der Waals surface area contributed by atoms with Crippen LogP contribution in [0.2, 0.25) is 15.1 Å². The van der Waals surface area contributed by atoms with Crippen molar-refractivity contribution in [1.82, 2.24) is 0 Å². The summed E-state index contributed by atoms with van der Waals surface area (Å²) in [6.45, 7) is 0. The summed E-state index contributed by atoms with van der Waals surface area (Å²) in [6, 6.07) is 8.12. The summed E-state index contributed by atoms with van der Waals surface area (Å²) < 4.78 is 13.7. The standard InChI is InChI=1S/C13H7BrCl3F/c14-6-8-2-1-7(3-13(8)18)9-4-11(16)12(17)5-10(9)15/h1-5H,6H2. The van der Waals surface area contributed by atoms with E-state index in [1.165, 1.54) is 6.07 Å². The molecule has 2 aromatic carbocycles. The van der Waals surface area contributed by atoms with Crippen LogP contribution in [0.3, 0.4) is 0 Å². The van der Waals surface area contributed by atoms with Crippen molar-refractivity contribution in [2.45, 2.75) is 5.33 Å². The molecule has 5 heteroatoms. The molecule has 0 atom stereocenters. The topological polar surface area (TPSA) is 0 Å². The Morgan fingerprint density at radius 2 is 1.61 bits per heavy atom. The molecule has 0 saturated heterocycles. The molecule has 0 bridgehead atoms. The van der Waals surface area contributed by atoms with Crippen molar-refractivity contribution < 1.29 is 4.39 Å². The van der Waals surface area contributed by atoms with Crippen LogP contribution in [0.4, 0.5) is 4.39 Å². The lowest BCUT2D eigenvalue weighted by Crippen LogP contribution is -1.88. The predicted octanol–water partition coefficient (Wildman–Crippen LogP) is 6.35. The molecular weight excluding hydrogens is 361 g/mol. The molecule has 18 heavy (non-hydrogen) atoms. The maximum atomic E-state index is 13.7. The molecular formula is C13H7BrCl3F. The van der Waals surface area contributed by atoms with Crippen molar-refractivity contribution in [3.05, 3.63) is 56.8 Å². The Kier molecular flexibility index (Phi) is 4.54. The molecule has 0 aliphatic rings. The van der Waals surface area contributed by atoms with Gasteiger partial charge in [-0.3, -0.25) is 0 Å². The number of halogens is 5. The molecule has 0 spiro atoms. The molecule has 0 unspecified atom stereocenters. The van der Waals surface area contributed by atoms with Crippen molar-refractivity contribution in [2.75, 3.05) is 0 Å². The zero-order valence-electron chi connectivity index (χ0n) is 8.98. The quantitative estimate of drug-likeness (QED) is 0.428. The molecule has 2 aromatic rings. The number of hydrogen-bond donors (Lipinski definition) is 0. The Morgan fingerprint density at radius 1 is 0.944 bits per heavy atom. The van der Waals surface area contributed by atoms with E-state index < -0.39 is 0 Å². The minimum atomic E-state index is -0.286. The van der Waals surface area contributed by atoms with Crippen molar-refractivity contribution in [1.29, 1.82) is 0 Å². The molecule has 0 nitrogen and oxygen atoms in total. The van der Waals surface area contributed by atoms with Gasteiger partial charge in [0.1, 0.15) is 5.82 Å². The van der Waals surface area contributed by atoms with Crippen molar-refractivity contribution >= 4 is 50.7 Å². The first-order chi connectivity index (χ1) is 8.52. The lowest BCUT2D eigenvalue weighted by atomic mass is 10.0. The van der Waals surface area contributed by atoms with E-state index in [1.807, 2.05) is 0 Å². The maximum Gasteiger partial charge on any atom is 0.127 e. The summed E-state index contributed by atoms with van der Waals surface area (Å²) >= 11 is 21.1. The third kappa shape index (κ3) is 2.83. The van der Waals surface area contributed by atoms with Gasteiger partial charge < -0.3 is 0 Å². The van der Waals surface area contributed by atoms with E-state index in [1.54, 1.807) is 24.3 Å². The van der Waals surface area contributed by atoms with Gasteiger partial charge in [0.15, 0.2) is 0 Å². The minimum absolute atomic E-state index is 0.286. The van der Waals surface area contributed by atoms with Gasteiger partial charge in [-0.1, -0.05) is 62.9 Å². The van der Waals surface area contributed by atoms with Gasteiger partial charge in [-0.05, 0) is 29.3 Å². The number of hydrogen-bond acceptors (Lipinski definition) is 0. The van der Waals surface area contributed by atoms with Crippen LogP contribution < -0.4 is 0 Å². The molecule has 94 valence electrons. The zero-order valence-corrected chi connectivity index (χ0v) is 12.8. The van der Waals surface area contributed by atoms with Crippen LogP contribution in [0.1, 0.15) is 5.56 Å². The van der Waals surface area contributed by atoms with Crippen LogP contribution >= 0.6 is 50.7 Å². The third-order valence-electron chi connectivity index (χ3n) is 2.52. The van der Waals surface area contributed by atoms with E-state index in [9.17, 15) is 4.39 Å². The summed E-state index contributed by atoms with van der Waals surface area (Å²) in [6.07, 6.45) is 0. The average molecular weight is 368 g/mol. The Bertz CT molecular complexity index is 599. The second kappa shape index (κ2) is 5.79. The maximum absolute atomic E-state index is 13.7. The number of rotatable bonds is 2. The van der Waals surface area contributed by atoms with E-state index in [0.29, 0.717) is 37.1 Å². The Balaban J connectivity index is 2.55. The van der Waals surface area contributed by atoms with Crippen LogP contribution in [0.5, 0.6) is 0 Å². The van der Waals surface area contributed by atoms with E-state index >= 15 is 0 Å². The van der Waals surface area contributed by atoms with Crippen molar-refractivity contribution in [3.63, 3.8) is 0 Å². The highest BCUT2D eigenvalue weighted by Gasteiger charge is 2.10. The average Bonchev–Trinajstić information content (AvgIpc) is 2.33. The van der Waals surface area contributed by atoms with Gasteiger partial charge in [0.2, 0.25) is 0 Å². The highest BCUT2D eigenvalue weighted by molar-refractivity contribution is 9.08. The first-order valence-corrected chi connectivity index (χ1v) is 7.27. The van der Waals surface area contributed by atoms with E-state index in [2.05, 4.69) is 15.9 Å². The Morgan fingerprint density at radius 3 is 2.22 bits per heavy atom. The monoisotopic (exact) mass is 366 g/mol. The van der Waals surface area contributed by atoms with Crippen LogP contribution in [0.25, 0.3) is 11.1 Å². The first kappa shape index (κ1) is 14.1. The van der Waals surface area contributed by atoms with Gasteiger partial charge >= 0.3 is 0 Å². The zero-order chi connectivity index (χ0) is 13.3. The molecule has 0 aliphatic carbocycles. The molecule has 0 amide bonds. The van der Waals surface area contributed by atoms with Gasteiger partial charge in [0, 0.05) is 15.9 Å². The molecule has 0 heterocycles. The van der Waals surface area contributed by atoms with Crippen LogP contribution in [0, 0.1) is 5.82 Å². The summed E-state index contributed by atoms with van der Waals surface area (Å²) in [5.41, 5.74) is 1.92. The van der Waals surface area contributed by atoms with Gasteiger partial charge in [0.05, 0.1) is 10.0 Å². The normalized spacial score (nSPS) is 10.7. The van der Waals surface area contributed by atoms with Crippen molar-refractivity contribution in [2.24, 2.45) is 0 Å². The summed E-state index contributed by atoms with van der Waals surface area (Å²) in [5.74, 6) is -0.286. The Labute approximate surface area is 128 Å². The van der Waals surface area contributed by atoms with Gasteiger partial charge in [-0.15, -0.1) is 0 Å². The molecule has 0 fully saturated rings. The molecule has 0 saturated carbocycles. The molecule has 2 rings (SSSR count). The highest BCUT2D eigenvalue weighted by atomic mass is 79.9. The van der Waals surface area contributed by atoms with Gasteiger partial charge in [-0.2, -0.15) is 0 Å². The first-order valence-electron chi connectivity index (χ1n) is 5.02. The van der Waals surface area contributed by atoms with E-state index in [4.69, 9.17) is 34.8 Å². The number of benzene rings is 2. The van der Waals surface area contributed by atoms with Crippen LogP contribution in [-0.2, 0) is 5.33 Å². The summed E-state index contributed by atoms with van der Waals surface area (Å²) in [5, 5.41) is 1.67. The fraction of sp³-hybridized carbons (Fsp3) is 0.0769.